The fourth-order valence-corrected chi connectivity index (χ4v) is 2.51. The topological polar surface area (TPSA) is 20.2 Å². The lowest BCUT2D eigenvalue weighted by Gasteiger charge is -2.12. The number of aliphatic hydroxyl groups is 1. The lowest BCUT2D eigenvalue weighted by molar-refractivity contribution is 0.173. The first-order valence-electron chi connectivity index (χ1n) is 5.53. The molecule has 1 nitrogen and oxygen atoms in total. The van der Waals surface area contributed by atoms with Crippen LogP contribution in [0.5, 0.6) is 0 Å². The summed E-state index contributed by atoms with van der Waals surface area (Å²) in [6.07, 6.45) is -0.930. The quantitative estimate of drug-likeness (QED) is 0.856. The second-order valence-electron chi connectivity index (χ2n) is 4.16. The number of hydrogen-bond acceptors (Lipinski definition) is 1. The smallest absolute Gasteiger partial charge is 0.130 e. The third-order valence-electron chi connectivity index (χ3n) is 2.67. The number of benzene rings is 2. The molecule has 1 atom stereocenters. The third kappa shape index (κ3) is 3.75. The first kappa shape index (κ1) is 14.4. The molecule has 0 amide bonds. The van der Waals surface area contributed by atoms with Crippen LogP contribution in [0.15, 0.2) is 40.9 Å². The molecular weight excluding hydrogens is 338 g/mol. The summed E-state index contributed by atoms with van der Waals surface area (Å²) in [5.74, 6) is -0.983. The van der Waals surface area contributed by atoms with Crippen LogP contribution < -0.4 is 0 Å². The van der Waals surface area contributed by atoms with E-state index in [0.717, 1.165) is 6.07 Å². The maximum absolute atomic E-state index is 13.6. The summed E-state index contributed by atoms with van der Waals surface area (Å²) in [4.78, 5) is 0. The van der Waals surface area contributed by atoms with E-state index >= 15 is 0 Å². The largest absolute Gasteiger partial charge is 0.388 e. The summed E-state index contributed by atoms with van der Waals surface area (Å²) in [5, 5.41) is 10.3. The van der Waals surface area contributed by atoms with Crippen molar-refractivity contribution in [1.82, 2.24) is 0 Å². The van der Waals surface area contributed by atoms with Crippen molar-refractivity contribution < 1.29 is 13.9 Å². The van der Waals surface area contributed by atoms with Gasteiger partial charge in [0.25, 0.3) is 0 Å². The summed E-state index contributed by atoms with van der Waals surface area (Å²) in [5.41, 5.74) is 0.721. The van der Waals surface area contributed by atoms with Gasteiger partial charge in [-0.2, -0.15) is 0 Å². The average Bonchev–Trinajstić information content (AvgIpc) is 2.26. The van der Waals surface area contributed by atoms with Crippen LogP contribution in [0.2, 0.25) is 5.02 Å². The van der Waals surface area contributed by atoms with E-state index in [1.54, 1.807) is 6.07 Å². The molecule has 0 aliphatic heterocycles. The Labute approximate surface area is 123 Å². The molecule has 0 heterocycles. The van der Waals surface area contributed by atoms with Gasteiger partial charge in [0.15, 0.2) is 0 Å². The predicted molar refractivity (Wildman–Crippen MR) is 74.2 cm³/mol. The van der Waals surface area contributed by atoms with Crippen molar-refractivity contribution in [2.24, 2.45) is 0 Å². The van der Waals surface area contributed by atoms with Gasteiger partial charge in [0.2, 0.25) is 0 Å². The van der Waals surface area contributed by atoms with Gasteiger partial charge in [0.05, 0.1) is 6.10 Å². The molecule has 2 aromatic carbocycles. The monoisotopic (exact) mass is 346 g/mol. The van der Waals surface area contributed by atoms with E-state index in [2.05, 4.69) is 15.9 Å². The number of aliphatic hydroxyl groups excluding tert-OH is 1. The van der Waals surface area contributed by atoms with Crippen molar-refractivity contribution in [1.29, 1.82) is 0 Å². The van der Waals surface area contributed by atoms with Gasteiger partial charge in [-0.05, 0) is 35.9 Å². The molecule has 2 rings (SSSR count). The predicted octanol–water partition coefficient (Wildman–Crippen LogP) is 4.66. The van der Waals surface area contributed by atoms with E-state index in [4.69, 9.17) is 11.6 Å². The average molecular weight is 348 g/mol. The van der Waals surface area contributed by atoms with Crippen molar-refractivity contribution in [2.45, 2.75) is 12.5 Å². The zero-order chi connectivity index (χ0) is 14.0. The van der Waals surface area contributed by atoms with Gasteiger partial charge in [-0.25, -0.2) is 8.78 Å². The summed E-state index contributed by atoms with van der Waals surface area (Å²) < 4.78 is 27.4. The molecule has 0 fully saturated rings. The Kier molecular flexibility index (Phi) is 4.55. The van der Waals surface area contributed by atoms with Gasteiger partial charge in [-0.15, -0.1) is 0 Å². The van der Waals surface area contributed by atoms with E-state index in [-0.39, 0.29) is 17.0 Å². The molecule has 1 N–H and O–H groups in total. The third-order valence-corrected chi connectivity index (χ3v) is 3.37. The highest BCUT2D eigenvalue weighted by Crippen LogP contribution is 2.25. The minimum absolute atomic E-state index is 0.120. The van der Waals surface area contributed by atoms with Crippen LogP contribution in [0.4, 0.5) is 8.78 Å². The molecule has 0 saturated carbocycles. The first-order chi connectivity index (χ1) is 8.95. The molecule has 0 bridgehead atoms. The Morgan fingerprint density at radius 2 is 1.89 bits per heavy atom. The maximum atomic E-state index is 13.6. The minimum Gasteiger partial charge on any atom is -0.388 e. The standard InChI is InChI=1S/C14H10BrClF2O/c15-9-3-8(4-11(17)6-9)5-14(19)12-2-1-10(16)7-13(12)18/h1-4,6-7,14,19H,5H2. The SMILES string of the molecule is OC(Cc1cc(F)cc(Br)c1)c1ccc(Cl)cc1F. The van der Waals surface area contributed by atoms with Gasteiger partial charge in [0.1, 0.15) is 11.6 Å². The molecule has 2 aromatic rings. The molecule has 0 spiro atoms. The van der Waals surface area contributed by atoms with E-state index in [9.17, 15) is 13.9 Å². The van der Waals surface area contributed by atoms with Gasteiger partial charge in [-0.3, -0.25) is 0 Å². The lowest BCUT2D eigenvalue weighted by atomic mass is 10.0. The maximum Gasteiger partial charge on any atom is 0.130 e. The molecule has 19 heavy (non-hydrogen) atoms. The molecule has 5 heteroatoms. The molecule has 0 aliphatic rings. The number of halogens is 4. The Balaban J connectivity index is 2.22. The zero-order valence-electron chi connectivity index (χ0n) is 9.71. The van der Waals surface area contributed by atoms with Gasteiger partial charge < -0.3 is 5.11 Å². The number of rotatable bonds is 3. The molecule has 1 unspecified atom stereocenters. The fraction of sp³-hybridized carbons (Fsp3) is 0.143. The van der Waals surface area contributed by atoms with E-state index < -0.39 is 17.7 Å². The molecule has 0 aromatic heterocycles. The summed E-state index contributed by atoms with van der Waals surface area (Å²) in [6, 6.07) is 8.38. The summed E-state index contributed by atoms with van der Waals surface area (Å²) in [7, 11) is 0. The van der Waals surface area contributed by atoms with Crippen LogP contribution in [0, 0.1) is 11.6 Å². The van der Waals surface area contributed by atoms with Crippen LogP contribution in [-0.2, 0) is 6.42 Å². The summed E-state index contributed by atoms with van der Waals surface area (Å²) >= 11 is 8.82. The van der Waals surface area contributed by atoms with Crippen LogP contribution in [0.25, 0.3) is 0 Å². The van der Waals surface area contributed by atoms with Crippen molar-refractivity contribution >= 4 is 27.5 Å². The highest BCUT2D eigenvalue weighted by Gasteiger charge is 2.14. The van der Waals surface area contributed by atoms with Crippen molar-refractivity contribution in [3.05, 3.63) is 68.7 Å². The number of hydrogen-bond donors (Lipinski definition) is 1. The fourth-order valence-electron chi connectivity index (χ4n) is 1.83. The van der Waals surface area contributed by atoms with Crippen LogP contribution >= 0.6 is 27.5 Å². The molecule has 100 valence electrons. The van der Waals surface area contributed by atoms with E-state index in [0.29, 0.717) is 10.0 Å². The Hall–Kier alpha value is -0.970. The van der Waals surface area contributed by atoms with Crippen molar-refractivity contribution in [3.63, 3.8) is 0 Å². The van der Waals surface area contributed by atoms with Gasteiger partial charge >= 0.3 is 0 Å². The lowest BCUT2D eigenvalue weighted by Crippen LogP contribution is -2.04. The molecule has 0 saturated heterocycles. The van der Waals surface area contributed by atoms with E-state index in [1.165, 1.54) is 24.3 Å². The van der Waals surface area contributed by atoms with Crippen LogP contribution in [0.1, 0.15) is 17.2 Å². The van der Waals surface area contributed by atoms with Crippen molar-refractivity contribution in [3.8, 4) is 0 Å². The minimum atomic E-state index is -1.05. The zero-order valence-corrected chi connectivity index (χ0v) is 12.0. The van der Waals surface area contributed by atoms with E-state index in [1.807, 2.05) is 0 Å². The molecule has 0 radical (unpaired) electrons. The second-order valence-corrected chi connectivity index (χ2v) is 5.52. The van der Waals surface area contributed by atoms with Crippen LogP contribution in [0.3, 0.4) is 0 Å². The highest BCUT2D eigenvalue weighted by molar-refractivity contribution is 9.10. The Bertz CT molecular complexity index is 584. The summed E-state index contributed by atoms with van der Waals surface area (Å²) in [6.45, 7) is 0. The molecule has 0 aliphatic carbocycles. The Morgan fingerprint density at radius 1 is 1.16 bits per heavy atom. The Morgan fingerprint density at radius 3 is 2.53 bits per heavy atom. The first-order valence-corrected chi connectivity index (χ1v) is 6.71. The molecular formula is C14H10BrClF2O. The van der Waals surface area contributed by atoms with Gasteiger partial charge in [0, 0.05) is 21.5 Å². The normalized spacial score (nSPS) is 12.5. The van der Waals surface area contributed by atoms with Crippen LogP contribution in [-0.4, -0.2) is 5.11 Å². The highest BCUT2D eigenvalue weighted by atomic mass is 79.9. The second kappa shape index (κ2) is 5.99. The van der Waals surface area contributed by atoms with Gasteiger partial charge in [-0.1, -0.05) is 33.6 Å². The van der Waals surface area contributed by atoms with Crippen molar-refractivity contribution in [2.75, 3.05) is 0 Å².